The summed E-state index contributed by atoms with van der Waals surface area (Å²) < 4.78 is 14.1. The van der Waals surface area contributed by atoms with Crippen LogP contribution in [0.15, 0.2) is 39.8 Å². The number of amides is 1. The zero-order chi connectivity index (χ0) is 22.9. The third-order valence-corrected chi connectivity index (χ3v) is 6.65. The molecular weight excluding hydrogens is 444 g/mol. The molecule has 33 heavy (non-hydrogen) atoms. The maximum absolute atomic E-state index is 12.5. The molecule has 10 nitrogen and oxygen atoms in total. The summed E-state index contributed by atoms with van der Waals surface area (Å²) in [6.45, 7) is 1.77. The summed E-state index contributed by atoms with van der Waals surface area (Å²) in [5, 5.41) is 15.5. The number of oxazole rings is 1. The molecule has 1 fully saturated rings. The molecule has 0 spiro atoms. The minimum Gasteiger partial charge on any atom is -0.408 e. The number of aryl methyl sites for hydroxylation is 1. The van der Waals surface area contributed by atoms with Crippen molar-refractivity contribution in [3.63, 3.8) is 0 Å². The van der Waals surface area contributed by atoms with E-state index in [2.05, 4.69) is 21.7 Å². The van der Waals surface area contributed by atoms with E-state index in [0.717, 1.165) is 33.9 Å². The Morgan fingerprint density at radius 2 is 2.33 bits per heavy atom. The lowest BCUT2D eigenvalue weighted by atomic mass is 10.1. The van der Waals surface area contributed by atoms with Crippen molar-refractivity contribution in [2.75, 3.05) is 19.7 Å². The molecule has 0 aliphatic carbocycles. The second-order valence-electron chi connectivity index (χ2n) is 7.94. The number of nitrogens with one attached hydrogen (secondary N) is 2. The first-order valence-corrected chi connectivity index (χ1v) is 11.4. The molecule has 3 aromatic heterocycles. The highest BCUT2D eigenvalue weighted by Crippen LogP contribution is 2.30. The fraction of sp³-hybridized carbons (Fsp3) is 0.364. The van der Waals surface area contributed by atoms with Crippen LogP contribution in [0.1, 0.15) is 12.1 Å². The fourth-order valence-electron chi connectivity index (χ4n) is 3.84. The van der Waals surface area contributed by atoms with E-state index >= 15 is 0 Å². The average molecular weight is 467 g/mol. The normalized spacial score (nSPS) is 17.6. The number of thiazole rings is 1. The van der Waals surface area contributed by atoms with Gasteiger partial charge in [0.05, 0.1) is 22.2 Å². The molecule has 2 atom stereocenters. The zero-order valence-corrected chi connectivity index (χ0v) is 18.7. The van der Waals surface area contributed by atoms with E-state index in [1.165, 1.54) is 15.9 Å². The van der Waals surface area contributed by atoms with Gasteiger partial charge in [0.1, 0.15) is 12.1 Å². The number of rotatable bonds is 5. The Kier molecular flexibility index (Phi) is 5.72. The quantitative estimate of drug-likeness (QED) is 0.456. The molecule has 11 heteroatoms. The highest BCUT2D eigenvalue weighted by atomic mass is 32.1. The van der Waals surface area contributed by atoms with Crippen molar-refractivity contribution in [2.24, 2.45) is 7.05 Å². The lowest BCUT2D eigenvalue weighted by Gasteiger charge is -2.17. The first kappa shape index (κ1) is 21.4. The van der Waals surface area contributed by atoms with Crippen LogP contribution in [0.4, 0.5) is 0 Å². The van der Waals surface area contributed by atoms with Gasteiger partial charge in [-0.1, -0.05) is 11.3 Å². The molecule has 170 valence electrons. The summed E-state index contributed by atoms with van der Waals surface area (Å²) in [5.41, 5.74) is 2.94. The minimum absolute atomic E-state index is 0.289. The average Bonchev–Trinajstić information content (AvgIpc) is 3.35. The molecule has 0 radical (unpaired) electrons. The van der Waals surface area contributed by atoms with Gasteiger partial charge in [-0.2, -0.15) is 5.26 Å². The predicted octanol–water partition coefficient (Wildman–Crippen LogP) is 1.44. The SMILES string of the molecule is Cn1c(=O)oc2ccc(-c3cn4cc(CC(C#N)NC(=O)C5CNCCCO5)nc4s3)cc21. The van der Waals surface area contributed by atoms with Crippen LogP contribution < -0.4 is 16.4 Å². The van der Waals surface area contributed by atoms with E-state index < -0.39 is 17.9 Å². The van der Waals surface area contributed by atoms with Gasteiger partial charge < -0.3 is 19.8 Å². The molecule has 1 aliphatic heterocycles. The van der Waals surface area contributed by atoms with Gasteiger partial charge in [-0.25, -0.2) is 9.78 Å². The van der Waals surface area contributed by atoms with Crippen molar-refractivity contribution in [1.29, 1.82) is 5.26 Å². The minimum atomic E-state index is -0.696. The van der Waals surface area contributed by atoms with Crippen molar-refractivity contribution in [2.45, 2.75) is 25.0 Å². The van der Waals surface area contributed by atoms with E-state index in [-0.39, 0.29) is 5.91 Å². The second-order valence-corrected chi connectivity index (χ2v) is 8.95. The molecular formula is C22H22N6O4S. The molecule has 5 rings (SSSR count). The summed E-state index contributed by atoms with van der Waals surface area (Å²) in [5.74, 6) is -0.683. The molecule has 4 aromatic rings. The van der Waals surface area contributed by atoms with Gasteiger partial charge in [0.2, 0.25) is 0 Å². The summed E-state index contributed by atoms with van der Waals surface area (Å²) in [6.07, 6.45) is 4.38. The van der Waals surface area contributed by atoms with E-state index in [4.69, 9.17) is 9.15 Å². The predicted molar refractivity (Wildman–Crippen MR) is 122 cm³/mol. The van der Waals surface area contributed by atoms with Gasteiger partial charge in [-0.3, -0.25) is 13.8 Å². The number of carbonyl (C=O) groups excluding carboxylic acids is 1. The third-order valence-electron chi connectivity index (χ3n) is 5.61. The van der Waals surface area contributed by atoms with Crippen LogP contribution in [-0.4, -0.2) is 51.7 Å². The highest BCUT2D eigenvalue weighted by Gasteiger charge is 2.24. The van der Waals surface area contributed by atoms with E-state index in [1.807, 2.05) is 28.9 Å². The smallest absolute Gasteiger partial charge is 0.408 e. The number of ether oxygens (including phenoxy) is 1. The van der Waals surface area contributed by atoms with Crippen LogP contribution >= 0.6 is 11.3 Å². The number of nitrogens with zero attached hydrogens (tertiary/aromatic N) is 4. The molecule has 4 heterocycles. The fourth-order valence-corrected chi connectivity index (χ4v) is 4.82. The van der Waals surface area contributed by atoms with Gasteiger partial charge in [-0.15, -0.1) is 0 Å². The van der Waals surface area contributed by atoms with E-state index in [1.54, 1.807) is 13.1 Å². The summed E-state index contributed by atoms with van der Waals surface area (Å²) in [4.78, 5) is 30.6. The number of fused-ring (bicyclic) bond motifs is 2. The Hall–Kier alpha value is -3.46. The van der Waals surface area contributed by atoms with Gasteiger partial charge in [-0.05, 0) is 36.7 Å². The molecule has 2 unspecified atom stereocenters. The number of carbonyl (C=O) groups is 1. The number of aromatic nitrogens is 3. The molecule has 1 saturated heterocycles. The van der Waals surface area contributed by atoms with Crippen LogP contribution in [0.25, 0.3) is 26.5 Å². The Morgan fingerprint density at radius 1 is 1.45 bits per heavy atom. The number of nitriles is 1. The molecule has 1 amide bonds. The van der Waals surface area contributed by atoms with Crippen LogP contribution in [0, 0.1) is 11.3 Å². The molecule has 0 saturated carbocycles. The summed E-state index contributed by atoms with van der Waals surface area (Å²) in [7, 11) is 1.67. The first-order chi connectivity index (χ1) is 16.0. The standard InChI is InChI=1S/C22H22N6O4S/c1-27-16-7-13(3-4-17(16)32-22(27)30)19-12-28-11-15(26-21(28)33-19)8-14(9-23)25-20(29)18-10-24-5-2-6-31-18/h3-4,7,11-12,14,18,24H,2,5-6,8,10H2,1H3,(H,25,29). The van der Waals surface area contributed by atoms with Crippen LogP contribution in [-0.2, 0) is 23.0 Å². The molecule has 1 aromatic carbocycles. The maximum Gasteiger partial charge on any atom is 0.419 e. The molecule has 1 aliphatic rings. The van der Waals surface area contributed by atoms with Crippen LogP contribution in [0.3, 0.4) is 0 Å². The van der Waals surface area contributed by atoms with E-state index in [0.29, 0.717) is 30.8 Å². The Morgan fingerprint density at radius 3 is 3.15 bits per heavy atom. The van der Waals surface area contributed by atoms with Crippen LogP contribution in [0.5, 0.6) is 0 Å². The maximum atomic E-state index is 12.5. The van der Waals surface area contributed by atoms with E-state index in [9.17, 15) is 14.9 Å². The Balaban J connectivity index is 1.30. The summed E-state index contributed by atoms with van der Waals surface area (Å²) in [6, 6.07) is 7.05. The number of hydrogen-bond donors (Lipinski definition) is 2. The Bertz CT molecular complexity index is 1380. The number of benzene rings is 1. The largest absolute Gasteiger partial charge is 0.419 e. The van der Waals surface area contributed by atoms with Crippen LogP contribution in [0.2, 0.25) is 0 Å². The van der Waals surface area contributed by atoms with Crippen molar-refractivity contribution in [3.8, 4) is 16.5 Å². The number of hydrogen-bond acceptors (Lipinski definition) is 8. The van der Waals surface area contributed by atoms with Gasteiger partial charge in [0.25, 0.3) is 5.91 Å². The van der Waals surface area contributed by atoms with Gasteiger partial charge >= 0.3 is 5.76 Å². The Labute approximate surface area is 192 Å². The molecule has 0 bridgehead atoms. The first-order valence-electron chi connectivity index (χ1n) is 10.6. The van der Waals surface area contributed by atoms with Crippen molar-refractivity contribution < 1.29 is 13.9 Å². The second kappa shape index (κ2) is 8.82. The highest BCUT2D eigenvalue weighted by molar-refractivity contribution is 7.20. The third kappa shape index (κ3) is 4.28. The van der Waals surface area contributed by atoms with Crippen molar-refractivity contribution in [3.05, 3.63) is 46.8 Å². The monoisotopic (exact) mass is 466 g/mol. The summed E-state index contributed by atoms with van der Waals surface area (Å²) >= 11 is 1.50. The van der Waals surface area contributed by atoms with Crippen molar-refractivity contribution >= 4 is 33.3 Å². The van der Waals surface area contributed by atoms with Crippen molar-refractivity contribution in [1.82, 2.24) is 24.6 Å². The number of imidazole rings is 1. The zero-order valence-electron chi connectivity index (χ0n) is 17.9. The van der Waals surface area contributed by atoms with Gasteiger partial charge in [0.15, 0.2) is 10.5 Å². The topological polar surface area (TPSA) is 127 Å². The lowest BCUT2D eigenvalue weighted by Crippen LogP contribution is -2.46. The molecule has 2 N–H and O–H groups in total. The van der Waals surface area contributed by atoms with Gasteiger partial charge in [0, 0.05) is 39.0 Å². The lowest BCUT2D eigenvalue weighted by molar-refractivity contribution is -0.132.